The number of anilines is 1. The van der Waals surface area contributed by atoms with E-state index in [1.165, 1.54) is 12.8 Å². The third-order valence-electron chi connectivity index (χ3n) is 6.32. The number of fused-ring (bicyclic) bond motifs is 4. The van der Waals surface area contributed by atoms with Gasteiger partial charge in [0.2, 0.25) is 5.91 Å². The zero-order valence-corrected chi connectivity index (χ0v) is 16.8. The molecule has 29 heavy (non-hydrogen) atoms. The first-order valence-corrected chi connectivity index (χ1v) is 10.5. The molecule has 3 atom stereocenters. The van der Waals surface area contributed by atoms with Crippen LogP contribution in [0.5, 0.6) is 0 Å². The van der Waals surface area contributed by atoms with Crippen molar-refractivity contribution in [1.29, 1.82) is 0 Å². The Balaban J connectivity index is 1.26. The molecule has 2 fully saturated rings. The second-order valence-corrected chi connectivity index (χ2v) is 8.28. The van der Waals surface area contributed by atoms with Crippen LogP contribution in [0.15, 0.2) is 18.2 Å². The molecule has 2 bridgehead atoms. The monoisotopic (exact) mass is 402 g/mol. The van der Waals surface area contributed by atoms with E-state index in [1.807, 2.05) is 25.2 Å². The maximum atomic E-state index is 12.2. The molecule has 3 aliphatic rings. The molecule has 2 aliphatic heterocycles. The third kappa shape index (κ3) is 4.48. The number of nitrogens with one attached hydrogen (secondary N) is 3. The van der Waals surface area contributed by atoms with Crippen molar-refractivity contribution in [1.82, 2.24) is 15.5 Å². The van der Waals surface area contributed by atoms with Gasteiger partial charge in [0, 0.05) is 37.3 Å². The highest BCUT2D eigenvalue weighted by atomic mass is 16.5. The topological polar surface area (TPSA) is 103 Å². The van der Waals surface area contributed by atoms with Crippen LogP contribution in [0.25, 0.3) is 0 Å². The molecule has 0 aromatic heterocycles. The molecule has 8 heteroatoms. The lowest BCUT2D eigenvalue weighted by molar-refractivity contribution is -0.130. The van der Waals surface area contributed by atoms with Crippen molar-refractivity contribution in [2.75, 3.05) is 25.5 Å². The summed E-state index contributed by atoms with van der Waals surface area (Å²) in [5.74, 6) is -0.0573. The molecule has 1 aromatic carbocycles. The molecule has 8 nitrogen and oxygen atoms in total. The van der Waals surface area contributed by atoms with Gasteiger partial charge in [-0.1, -0.05) is 18.9 Å². The number of carbonyl (C=O) groups is 2. The number of benzene rings is 1. The molecule has 1 saturated carbocycles. The molecular weight excluding hydrogens is 372 g/mol. The smallest absolute Gasteiger partial charge is 0.315 e. The van der Waals surface area contributed by atoms with Crippen LogP contribution < -0.4 is 16.0 Å². The summed E-state index contributed by atoms with van der Waals surface area (Å²) in [5, 5.41) is 18.8. The summed E-state index contributed by atoms with van der Waals surface area (Å²) >= 11 is 0. The number of aliphatic hydroxyl groups excluding tert-OH is 1. The SMILES string of the molecule is CN(C(=O)CNC(=O)NCc1ccc2c(c1)[C@H]1C[C@H](N2)[C@H](O)CO1)C1CCCC1. The molecule has 2 heterocycles. The quantitative estimate of drug-likeness (QED) is 0.598. The maximum absolute atomic E-state index is 12.2. The lowest BCUT2D eigenvalue weighted by atomic mass is 9.89. The van der Waals surface area contributed by atoms with E-state index in [2.05, 4.69) is 16.0 Å². The van der Waals surface area contributed by atoms with Crippen LogP contribution in [0.1, 0.15) is 49.3 Å². The summed E-state index contributed by atoms with van der Waals surface area (Å²) in [6.45, 7) is 0.701. The summed E-state index contributed by atoms with van der Waals surface area (Å²) in [6, 6.07) is 5.91. The number of nitrogens with zero attached hydrogens (tertiary/aromatic N) is 1. The third-order valence-corrected chi connectivity index (χ3v) is 6.32. The van der Waals surface area contributed by atoms with Crippen LogP contribution in [-0.4, -0.2) is 60.3 Å². The first-order valence-electron chi connectivity index (χ1n) is 10.5. The highest BCUT2D eigenvalue weighted by Crippen LogP contribution is 2.39. The lowest BCUT2D eigenvalue weighted by Crippen LogP contribution is -2.46. The van der Waals surface area contributed by atoms with E-state index in [9.17, 15) is 14.7 Å². The number of hydrogen-bond acceptors (Lipinski definition) is 5. The molecule has 4 rings (SSSR count). The summed E-state index contributed by atoms with van der Waals surface area (Å²) in [7, 11) is 1.82. The molecular formula is C21H30N4O4. The predicted molar refractivity (Wildman–Crippen MR) is 108 cm³/mol. The molecule has 0 unspecified atom stereocenters. The van der Waals surface area contributed by atoms with Gasteiger partial charge in [-0.05, 0) is 30.5 Å². The molecule has 1 saturated heterocycles. The molecule has 1 aromatic rings. The number of rotatable bonds is 5. The fourth-order valence-electron chi connectivity index (χ4n) is 4.50. The predicted octanol–water partition coefficient (Wildman–Crippen LogP) is 1.50. The average molecular weight is 402 g/mol. The van der Waals surface area contributed by atoms with E-state index < -0.39 is 6.10 Å². The summed E-state index contributed by atoms with van der Waals surface area (Å²) in [4.78, 5) is 26.1. The summed E-state index contributed by atoms with van der Waals surface area (Å²) in [5.41, 5.74) is 2.99. The molecule has 3 amide bonds. The van der Waals surface area contributed by atoms with Gasteiger partial charge in [-0.2, -0.15) is 0 Å². The summed E-state index contributed by atoms with van der Waals surface area (Å²) < 4.78 is 5.77. The zero-order valence-electron chi connectivity index (χ0n) is 16.8. The van der Waals surface area contributed by atoms with Crippen molar-refractivity contribution < 1.29 is 19.4 Å². The lowest BCUT2D eigenvalue weighted by Gasteiger charge is -2.40. The van der Waals surface area contributed by atoms with Crippen molar-refractivity contribution in [3.8, 4) is 0 Å². The van der Waals surface area contributed by atoms with Crippen molar-refractivity contribution in [3.63, 3.8) is 0 Å². The minimum atomic E-state index is -0.486. The van der Waals surface area contributed by atoms with Crippen molar-refractivity contribution in [2.45, 2.75) is 62.9 Å². The number of amides is 3. The van der Waals surface area contributed by atoms with E-state index in [4.69, 9.17) is 4.74 Å². The fourth-order valence-corrected chi connectivity index (χ4v) is 4.50. The molecule has 4 N–H and O–H groups in total. The standard InChI is InChI=1S/C21H30N4O4/c1-25(14-4-2-3-5-14)20(27)11-23-21(28)22-10-13-6-7-16-15(8-13)19-9-17(24-16)18(26)12-29-19/h6-8,14,17-19,24,26H,2-5,9-12H2,1H3,(H2,22,23,28)/t17-,18+,19+/m0/s1. The molecule has 1 aliphatic carbocycles. The van der Waals surface area contributed by atoms with Gasteiger partial charge in [-0.3, -0.25) is 4.79 Å². The van der Waals surface area contributed by atoms with Gasteiger partial charge >= 0.3 is 6.03 Å². The zero-order chi connectivity index (χ0) is 20.4. The van der Waals surface area contributed by atoms with Gasteiger partial charge in [-0.25, -0.2) is 4.79 Å². The van der Waals surface area contributed by atoms with Crippen LogP contribution in [0.2, 0.25) is 0 Å². The Morgan fingerprint density at radius 3 is 2.86 bits per heavy atom. The van der Waals surface area contributed by atoms with Gasteiger partial charge < -0.3 is 30.7 Å². The van der Waals surface area contributed by atoms with Gasteiger partial charge in [0.05, 0.1) is 31.4 Å². The van der Waals surface area contributed by atoms with Crippen LogP contribution in [-0.2, 0) is 16.1 Å². The Kier molecular flexibility index (Phi) is 5.91. The second-order valence-electron chi connectivity index (χ2n) is 8.28. The normalized spacial score (nSPS) is 25.7. The minimum absolute atomic E-state index is 0.00652. The van der Waals surface area contributed by atoms with Gasteiger partial charge in [0.15, 0.2) is 0 Å². The summed E-state index contributed by atoms with van der Waals surface area (Å²) in [6.07, 6.45) is 4.65. The Labute approximate surface area is 171 Å². The number of ether oxygens (including phenoxy) is 1. The van der Waals surface area contributed by atoms with E-state index in [0.29, 0.717) is 19.2 Å². The van der Waals surface area contributed by atoms with Crippen LogP contribution in [0.4, 0.5) is 10.5 Å². The van der Waals surface area contributed by atoms with E-state index in [-0.39, 0.29) is 30.6 Å². The van der Waals surface area contributed by atoms with Crippen LogP contribution in [0.3, 0.4) is 0 Å². The fraction of sp³-hybridized carbons (Fsp3) is 0.619. The Morgan fingerprint density at radius 2 is 2.07 bits per heavy atom. The minimum Gasteiger partial charge on any atom is -0.389 e. The molecule has 0 spiro atoms. The average Bonchev–Trinajstić information content (AvgIpc) is 3.27. The van der Waals surface area contributed by atoms with E-state index in [1.54, 1.807) is 4.90 Å². The Morgan fingerprint density at radius 1 is 1.28 bits per heavy atom. The largest absolute Gasteiger partial charge is 0.389 e. The van der Waals surface area contributed by atoms with Crippen LogP contribution >= 0.6 is 0 Å². The van der Waals surface area contributed by atoms with E-state index in [0.717, 1.165) is 36.1 Å². The van der Waals surface area contributed by atoms with Crippen molar-refractivity contribution in [2.24, 2.45) is 0 Å². The number of likely N-dealkylation sites (N-methyl/N-ethyl adjacent to an activating group) is 1. The first kappa shape index (κ1) is 20.0. The number of urea groups is 1. The van der Waals surface area contributed by atoms with Gasteiger partial charge in [0.1, 0.15) is 0 Å². The highest BCUT2D eigenvalue weighted by Gasteiger charge is 2.36. The first-order chi connectivity index (χ1) is 14.0. The number of hydrogen-bond donors (Lipinski definition) is 4. The van der Waals surface area contributed by atoms with Crippen LogP contribution in [0, 0.1) is 0 Å². The second kappa shape index (κ2) is 8.59. The number of carbonyl (C=O) groups excluding carboxylic acids is 2. The Bertz CT molecular complexity index is 765. The van der Waals surface area contributed by atoms with Gasteiger partial charge in [0.25, 0.3) is 0 Å². The highest BCUT2D eigenvalue weighted by molar-refractivity contribution is 5.84. The van der Waals surface area contributed by atoms with Crippen molar-refractivity contribution >= 4 is 17.6 Å². The van der Waals surface area contributed by atoms with Crippen molar-refractivity contribution in [3.05, 3.63) is 29.3 Å². The van der Waals surface area contributed by atoms with E-state index >= 15 is 0 Å². The molecule has 0 radical (unpaired) electrons. The van der Waals surface area contributed by atoms with Gasteiger partial charge in [-0.15, -0.1) is 0 Å². The molecule has 158 valence electrons. The number of aliphatic hydroxyl groups is 1. The Hall–Kier alpha value is -2.32. The maximum Gasteiger partial charge on any atom is 0.315 e.